The summed E-state index contributed by atoms with van der Waals surface area (Å²) < 4.78 is 26.6. The molecule has 2 N–H and O–H groups in total. The zero-order valence-electron chi connectivity index (χ0n) is 10.6. The molecule has 2 unspecified atom stereocenters. The van der Waals surface area contributed by atoms with E-state index in [-0.39, 0.29) is 30.2 Å². The number of hydrogen-bond donors (Lipinski definition) is 2. The van der Waals surface area contributed by atoms with Gasteiger partial charge in [-0.3, -0.25) is 4.79 Å². The van der Waals surface area contributed by atoms with Crippen molar-refractivity contribution in [2.24, 2.45) is 5.92 Å². The summed E-state index contributed by atoms with van der Waals surface area (Å²) in [5.41, 5.74) is 0.309. The van der Waals surface area contributed by atoms with Gasteiger partial charge in [-0.25, -0.2) is 8.78 Å². The molecule has 0 saturated heterocycles. The number of nitrogens with one attached hydrogen (secondary N) is 2. The molecule has 1 aromatic carbocycles. The molecule has 1 fully saturated rings. The fourth-order valence-corrected chi connectivity index (χ4v) is 2.08. The number of halogens is 3. The van der Waals surface area contributed by atoms with Crippen molar-refractivity contribution in [2.75, 3.05) is 20.1 Å². The smallest absolute Gasteiger partial charge is 0.223 e. The molecule has 1 saturated carbocycles. The SMILES string of the molecule is CNCCNC(=O)C1CC1c1cccc(F)c1F.Cl. The predicted molar refractivity (Wildman–Crippen MR) is 71.4 cm³/mol. The van der Waals surface area contributed by atoms with Crippen molar-refractivity contribution in [1.29, 1.82) is 0 Å². The number of carbonyl (C=O) groups is 1. The first kappa shape index (κ1) is 15.9. The minimum Gasteiger partial charge on any atom is -0.355 e. The summed E-state index contributed by atoms with van der Waals surface area (Å²) in [6.07, 6.45) is 0.589. The topological polar surface area (TPSA) is 41.1 Å². The Labute approximate surface area is 117 Å². The third kappa shape index (κ3) is 3.64. The van der Waals surface area contributed by atoms with Gasteiger partial charge in [0, 0.05) is 19.0 Å². The molecule has 2 atom stereocenters. The van der Waals surface area contributed by atoms with Crippen LogP contribution in [0.25, 0.3) is 0 Å². The van der Waals surface area contributed by atoms with Crippen LogP contribution in [0.3, 0.4) is 0 Å². The standard InChI is InChI=1S/C13H16F2N2O.ClH/c1-16-5-6-17-13(18)10-7-9(10)8-3-2-4-11(14)12(8)15;/h2-4,9-10,16H,5-7H2,1H3,(H,17,18);1H. The van der Waals surface area contributed by atoms with Gasteiger partial charge in [0.05, 0.1) is 0 Å². The van der Waals surface area contributed by atoms with Crippen LogP contribution in [-0.2, 0) is 4.79 Å². The second-order valence-electron chi connectivity index (χ2n) is 4.49. The van der Waals surface area contributed by atoms with Crippen molar-refractivity contribution in [2.45, 2.75) is 12.3 Å². The second-order valence-corrected chi connectivity index (χ2v) is 4.49. The van der Waals surface area contributed by atoms with E-state index in [0.29, 0.717) is 25.1 Å². The summed E-state index contributed by atoms with van der Waals surface area (Å²) in [5.74, 6) is -2.17. The fraction of sp³-hybridized carbons (Fsp3) is 0.462. The van der Waals surface area contributed by atoms with Crippen LogP contribution in [0.15, 0.2) is 18.2 Å². The molecule has 0 radical (unpaired) electrons. The fourth-order valence-electron chi connectivity index (χ4n) is 2.08. The average Bonchev–Trinajstić information content (AvgIpc) is 3.13. The van der Waals surface area contributed by atoms with Gasteiger partial charge in [0.1, 0.15) is 0 Å². The van der Waals surface area contributed by atoms with Crippen LogP contribution in [0, 0.1) is 17.6 Å². The van der Waals surface area contributed by atoms with Gasteiger partial charge in [0.25, 0.3) is 0 Å². The Kier molecular flexibility index (Phi) is 5.69. The quantitative estimate of drug-likeness (QED) is 0.812. The van der Waals surface area contributed by atoms with Crippen LogP contribution < -0.4 is 10.6 Å². The molecule has 0 heterocycles. The first-order valence-electron chi connectivity index (χ1n) is 6.01. The van der Waals surface area contributed by atoms with E-state index in [4.69, 9.17) is 0 Å². The molecule has 1 aliphatic carbocycles. The Bertz CT molecular complexity index is 456. The summed E-state index contributed by atoms with van der Waals surface area (Å²) in [5, 5.41) is 5.68. The molecular formula is C13H17ClF2N2O. The van der Waals surface area contributed by atoms with Crippen molar-refractivity contribution in [3.05, 3.63) is 35.4 Å². The lowest BCUT2D eigenvalue weighted by molar-refractivity contribution is -0.122. The van der Waals surface area contributed by atoms with Gasteiger partial charge in [-0.05, 0) is 31.0 Å². The summed E-state index contributed by atoms with van der Waals surface area (Å²) >= 11 is 0. The van der Waals surface area contributed by atoms with Gasteiger partial charge in [0.2, 0.25) is 5.91 Å². The highest BCUT2D eigenvalue weighted by Gasteiger charge is 2.45. The van der Waals surface area contributed by atoms with Crippen molar-refractivity contribution >= 4 is 18.3 Å². The lowest BCUT2D eigenvalue weighted by Gasteiger charge is -2.05. The molecule has 0 aliphatic heterocycles. The molecule has 6 heteroatoms. The molecule has 3 nitrogen and oxygen atoms in total. The van der Waals surface area contributed by atoms with Crippen LogP contribution in [0.1, 0.15) is 17.9 Å². The number of hydrogen-bond acceptors (Lipinski definition) is 2. The van der Waals surface area contributed by atoms with Gasteiger partial charge >= 0.3 is 0 Å². The molecule has 0 aromatic heterocycles. The van der Waals surface area contributed by atoms with Gasteiger partial charge < -0.3 is 10.6 Å². The van der Waals surface area contributed by atoms with Gasteiger partial charge in [-0.15, -0.1) is 12.4 Å². The number of rotatable bonds is 5. The summed E-state index contributed by atoms with van der Waals surface area (Å²) in [6, 6.07) is 4.11. The molecule has 1 amide bonds. The lowest BCUT2D eigenvalue weighted by Crippen LogP contribution is -2.31. The summed E-state index contributed by atoms with van der Waals surface area (Å²) in [4.78, 5) is 11.7. The van der Waals surface area contributed by atoms with Crippen molar-refractivity contribution in [3.8, 4) is 0 Å². The zero-order valence-corrected chi connectivity index (χ0v) is 11.4. The van der Waals surface area contributed by atoms with E-state index < -0.39 is 11.6 Å². The highest BCUT2D eigenvalue weighted by atomic mass is 35.5. The molecular weight excluding hydrogens is 274 g/mol. The Balaban J connectivity index is 0.00000180. The van der Waals surface area contributed by atoms with E-state index in [0.717, 1.165) is 6.07 Å². The van der Waals surface area contributed by atoms with Crippen LogP contribution in [-0.4, -0.2) is 26.0 Å². The van der Waals surface area contributed by atoms with E-state index in [1.54, 1.807) is 13.1 Å². The molecule has 0 bridgehead atoms. The van der Waals surface area contributed by atoms with Crippen molar-refractivity contribution < 1.29 is 13.6 Å². The van der Waals surface area contributed by atoms with Crippen molar-refractivity contribution in [1.82, 2.24) is 10.6 Å². The van der Waals surface area contributed by atoms with Gasteiger partial charge in [-0.1, -0.05) is 12.1 Å². The molecule has 1 aromatic rings. The Morgan fingerprint density at radius 2 is 2.11 bits per heavy atom. The third-order valence-electron chi connectivity index (χ3n) is 3.18. The maximum Gasteiger partial charge on any atom is 0.223 e. The van der Waals surface area contributed by atoms with Gasteiger partial charge in [-0.2, -0.15) is 0 Å². The van der Waals surface area contributed by atoms with E-state index in [9.17, 15) is 13.6 Å². The lowest BCUT2D eigenvalue weighted by atomic mass is 10.1. The van der Waals surface area contributed by atoms with E-state index in [2.05, 4.69) is 10.6 Å². The number of amides is 1. The molecule has 106 valence electrons. The normalized spacial score (nSPS) is 20.6. The molecule has 2 rings (SSSR count). The van der Waals surface area contributed by atoms with E-state index in [1.165, 1.54) is 6.07 Å². The highest BCUT2D eigenvalue weighted by molar-refractivity contribution is 5.85. The predicted octanol–water partition coefficient (Wildman–Crippen LogP) is 1.83. The first-order chi connectivity index (χ1) is 8.65. The van der Waals surface area contributed by atoms with Crippen molar-refractivity contribution in [3.63, 3.8) is 0 Å². The molecule has 0 spiro atoms. The maximum atomic E-state index is 13.5. The first-order valence-corrected chi connectivity index (χ1v) is 6.01. The number of likely N-dealkylation sites (N-methyl/N-ethyl adjacent to an activating group) is 1. The summed E-state index contributed by atoms with van der Waals surface area (Å²) in [6.45, 7) is 1.24. The van der Waals surface area contributed by atoms with Crippen LogP contribution in [0.4, 0.5) is 8.78 Å². The minimum absolute atomic E-state index is 0. The zero-order chi connectivity index (χ0) is 13.1. The third-order valence-corrected chi connectivity index (χ3v) is 3.18. The number of carbonyl (C=O) groups excluding carboxylic acids is 1. The monoisotopic (exact) mass is 290 g/mol. The Morgan fingerprint density at radius 3 is 2.79 bits per heavy atom. The van der Waals surface area contributed by atoms with Crippen LogP contribution in [0.5, 0.6) is 0 Å². The average molecular weight is 291 g/mol. The minimum atomic E-state index is -0.853. The largest absolute Gasteiger partial charge is 0.355 e. The Morgan fingerprint density at radius 1 is 1.37 bits per heavy atom. The van der Waals surface area contributed by atoms with E-state index in [1.807, 2.05) is 0 Å². The van der Waals surface area contributed by atoms with Crippen LogP contribution >= 0.6 is 12.4 Å². The highest BCUT2D eigenvalue weighted by Crippen LogP contribution is 2.48. The molecule has 1 aliphatic rings. The Hall–Kier alpha value is -1.20. The van der Waals surface area contributed by atoms with E-state index >= 15 is 0 Å². The van der Waals surface area contributed by atoms with Gasteiger partial charge in [0.15, 0.2) is 11.6 Å². The van der Waals surface area contributed by atoms with Crippen LogP contribution in [0.2, 0.25) is 0 Å². The second kappa shape index (κ2) is 6.82. The summed E-state index contributed by atoms with van der Waals surface area (Å²) in [7, 11) is 1.80. The maximum absolute atomic E-state index is 13.5. The number of benzene rings is 1. The molecule has 19 heavy (non-hydrogen) atoms.